The Morgan fingerprint density at radius 2 is 1.73 bits per heavy atom. The first-order valence-electron chi connectivity index (χ1n) is 19.2. The third-order valence-electron chi connectivity index (χ3n) is 10.4. The van der Waals surface area contributed by atoms with Gasteiger partial charge in [-0.1, -0.05) is 17.7 Å². The van der Waals surface area contributed by atoms with E-state index in [0.717, 1.165) is 46.8 Å². The van der Waals surface area contributed by atoms with Crippen LogP contribution < -0.4 is 19.8 Å². The van der Waals surface area contributed by atoms with Crippen molar-refractivity contribution in [3.63, 3.8) is 0 Å². The largest absolute Gasteiger partial charge is 0.372 e. The summed E-state index contributed by atoms with van der Waals surface area (Å²) in [5, 5.41) is 11.9. The standard InChI is InChI=1S/C40H42ClF4N9O4S/c1-22-17-51(18-23(2)58-22)29-7-6-26-19-53(34-9-8-30(41)37-38(34)54(20-35(44)45)49-39(37)50-59(3,56)57)40(47-32(26)16-29)33(14-24-12-27(42)15-28(43)13-24)46-36(55)21-52-11-10-31(48-52)25-4-5-25/h6-13,15-16,22-23,25,33,35H,4-5,14,17-21H2,1-3H3,(H,46,55)(H,49,50)/t22-,23+,33-/m0/s1. The smallest absolute Gasteiger partial charge is 0.257 e. The number of nitrogens with one attached hydrogen (secondary N) is 2. The summed E-state index contributed by atoms with van der Waals surface area (Å²) in [7, 11) is -3.94. The van der Waals surface area contributed by atoms with Gasteiger partial charge in [-0.2, -0.15) is 10.2 Å². The predicted octanol–water partition coefficient (Wildman–Crippen LogP) is 6.77. The number of nitrogens with zero attached hydrogens (tertiary/aromatic N) is 7. The maximum atomic E-state index is 14.7. The summed E-state index contributed by atoms with van der Waals surface area (Å²) in [5.41, 5.74) is 3.59. The monoisotopic (exact) mass is 855 g/mol. The van der Waals surface area contributed by atoms with Crippen LogP contribution in [0.1, 0.15) is 49.4 Å². The molecule has 3 aliphatic rings. The Balaban J connectivity index is 1.28. The molecule has 13 nitrogen and oxygen atoms in total. The second-order valence-corrected chi connectivity index (χ2v) is 17.6. The predicted molar refractivity (Wildman–Crippen MR) is 217 cm³/mol. The zero-order valence-corrected chi connectivity index (χ0v) is 34.0. The number of fused-ring (bicyclic) bond motifs is 2. The molecule has 2 aromatic heterocycles. The number of rotatable bonds is 13. The summed E-state index contributed by atoms with van der Waals surface area (Å²) in [4.78, 5) is 23.0. The molecule has 3 atom stereocenters. The van der Waals surface area contributed by atoms with Crippen molar-refractivity contribution in [2.45, 2.75) is 83.3 Å². The van der Waals surface area contributed by atoms with Crippen LogP contribution in [0.15, 0.2) is 65.8 Å². The third-order valence-corrected chi connectivity index (χ3v) is 11.2. The van der Waals surface area contributed by atoms with Crippen LogP contribution in [0.2, 0.25) is 5.02 Å². The fourth-order valence-electron chi connectivity index (χ4n) is 7.90. The first-order valence-corrected chi connectivity index (χ1v) is 21.5. The van der Waals surface area contributed by atoms with Crippen molar-refractivity contribution in [1.82, 2.24) is 24.9 Å². The molecule has 4 heterocycles. The van der Waals surface area contributed by atoms with Crippen molar-refractivity contribution in [3.05, 3.63) is 94.3 Å². The molecule has 312 valence electrons. The molecule has 2 N–H and O–H groups in total. The van der Waals surface area contributed by atoms with Gasteiger partial charge < -0.3 is 19.9 Å². The number of halogens is 5. The molecule has 1 saturated heterocycles. The van der Waals surface area contributed by atoms with E-state index in [4.69, 9.17) is 21.3 Å². The molecule has 1 saturated carbocycles. The number of amidine groups is 1. The summed E-state index contributed by atoms with van der Waals surface area (Å²) in [6.07, 6.45) is 1.58. The Bertz CT molecular complexity index is 2530. The highest BCUT2D eigenvalue weighted by Crippen LogP contribution is 2.42. The number of hydrogen-bond donors (Lipinski definition) is 2. The van der Waals surface area contributed by atoms with E-state index in [1.165, 1.54) is 22.9 Å². The first kappa shape index (κ1) is 40.6. The molecule has 19 heteroatoms. The van der Waals surface area contributed by atoms with Crippen molar-refractivity contribution in [1.29, 1.82) is 0 Å². The third kappa shape index (κ3) is 9.18. The summed E-state index contributed by atoms with van der Waals surface area (Å²) in [6, 6.07) is 12.8. The summed E-state index contributed by atoms with van der Waals surface area (Å²) >= 11 is 6.68. The summed E-state index contributed by atoms with van der Waals surface area (Å²) < 4.78 is 93.4. The normalized spacial score (nSPS) is 18.9. The van der Waals surface area contributed by atoms with Gasteiger partial charge in [-0.25, -0.2) is 31.0 Å². The average molecular weight is 856 g/mol. The van der Waals surface area contributed by atoms with Gasteiger partial charge in [-0.15, -0.1) is 0 Å². The molecular weight excluding hydrogens is 814 g/mol. The molecule has 1 aliphatic carbocycles. The number of carbonyl (C=O) groups is 1. The molecule has 3 aromatic carbocycles. The lowest BCUT2D eigenvalue weighted by Gasteiger charge is -2.38. The van der Waals surface area contributed by atoms with Crippen molar-refractivity contribution in [2.24, 2.45) is 4.99 Å². The molecule has 59 heavy (non-hydrogen) atoms. The maximum absolute atomic E-state index is 14.7. The second kappa shape index (κ2) is 16.1. The highest BCUT2D eigenvalue weighted by molar-refractivity contribution is 7.92. The van der Waals surface area contributed by atoms with Crippen molar-refractivity contribution in [2.75, 3.05) is 33.9 Å². The minimum atomic E-state index is -3.94. The van der Waals surface area contributed by atoms with E-state index in [9.17, 15) is 30.8 Å². The van der Waals surface area contributed by atoms with E-state index >= 15 is 0 Å². The molecule has 0 bridgehead atoms. The van der Waals surface area contributed by atoms with Crippen molar-refractivity contribution >= 4 is 67.1 Å². The Labute approximate surface area is 343 Å². The maximum Gasteiger partial charge on any atom is 0.257 e. The molecule has 2 fully saturated rings. The number of anilines is 3. The average Bonchev–Trinajstić information content (AvgIpc) is 3.80. The number of ether oxygens (including phenoxy) is 1. The topological polar surface area (TPSA) is 139 Å². The number of hydrogen-bond acceptors (Lipinski definition) is 9. The van der Waals surface area contributed by atoms with Crippen LogP contribution in [0.3, 0.4) is 0 Å². The molecule has 1 amide bonds. The highest BCUT2D eigenvalue weighted by atomic mass is 35.5. The lowest BCUT2D eigenvalue weighted by molar-refractivity contribution is -0.122. The minimum absolute atomic E-state index is 0.0294. The van der Waals surface area contributed by atoms with Gasteiger partial charge in [0.25, 0.3) is 6.43 Å². The molecule has 8 rings (SSSR count). The van der Waals surface area contributed by atoms with Crippen LogP contribution in [0.4, 0.5) is 40.4 Å². The number of sulfonamides is 1. The van der Waals surface area contributed by atoms with E-state index < -0.39 is 46.6 Å². The fraction of sp³-hybridized carbons (Fsp3) is 0.400. The molecule has 2 aliphatic heterocycles. The highest BCUT2D eigenvalue weighted by Gasteiger charge is 2.34. The quantitative estimate of drug-likeness (QED) is 0.124. The van der Waals surface area contributed by atoms with Gasteiger partial charge >= 0.3 is 0 Å². The van der Waals surface area contributed by atoms with Gasteiger partial charge in [0.1, 0.15) is 30.6 Å². The van der Waals surface area contributed by atoms with Gasteiger partial charge in [0.2, 0.25) is 15.9 Å². The summed E-state index contributed by atoms with van der Waals surface area (Å²) in [5.74, 6) is -1.80. The van der Waals surface area contributed by atoms with Crippen LogP contribution in [0.5, 0.6) is 0 Å². The van der Waals surface area contributed by atoms with Crippen LogP contribution in [-0.4, -0.2) is 83.7 Å². The van der Waals surface area contributed by atoms with Crippen molar-refractivity contribution < 1.29 is 35.5 Å². The lowest BCUT2D eigenvalue weighted by Crippen LogP contribution is -2.51. The number of morpholine rings is 1. The van der Waals surface area contributed by atoms with Gasteiger partial charge in [0.05, 0.1) is 64.0 Å². The Morgan fingerprint density at radius 1 is 1.00 bits per heavy atom. The number of aromatic nitrogens is 4. The molecule has 5 aromatic rings. The Morgan fingerprint density at radius 3 is 2.41 bits per heavy atom. The van der Waals surface area contributed by atoms with Crippen molar-refractivity contribution in [3.8, 4) is 0 Å². The molecule has 0 radical (unpaired) electrons. The number of alkyl halides is 2. The fourth-order valence-corrected chi connectivity index (χ4v) is 8.63. The second-order valence-electron chi connectivity index (χ2n) is 15.4. The van der Waals surface area contributed by atoms with Gasteiger partial charge in [0.15, 0.2) is 5.82 Å². The zero-order chi connectivity index (χ0) is 41.7. The van der Waals surface area contributed by atoms with E-state index in [1.807, 2.05) is 38.1 Å². The number of benzene rings is 3. The lowest BCUT2D eigenvalue weighted by atomic mass is 10.00. The first-order chi connectivity index (χ1) is 28.1. The van der Waals surface area contributed by atoms with Crippen LogP contribution in [0, 0.1) is 11.6 Å². The minimum Gasteiger partial charge on any atom is -0.372 e. The number of carbonyl (C=O) groups excluding carboxylic acids is 1. The molecule has 0 unspecified atom stereocenters. The van der Waals surface area contributed by atoms with E-state index in [1.54, 1.807) is 17.2 Å². The van der Waals surface area contributed by atoms with Gasteiger partial charge in [-0.05, 0) is 80.3 Å². The molecular formula is C40H42ClF4N9O4S. The van der Waals surface area contributed by atoms with Gasteiger partial charge in [0, 0.05) is 43.4 Å². The number of amides is 1. The summed E-state index contributed by atoms with van der Waals surface area (Å²) in [6.45, 7) is 4.25. The van der Waals surface area contributed by atoms with E-state index in [0.29, 0.717) is 24.7 Å². The van der Waals surface area contributed by atoms with E-state index in [2.05, 4.69) is 25.1 Å². The van der Waals surface area contributed by atoms with Crippen LogP contribution in [0.25, 0.3) is 10.9 Å². The zero-order valence-electron chi connectivity index (χ0n) is 32.4. The Kier molecular flexibility index (Phi) is 11.1. The van der Waals surface area contributed by atoms with Gasteiger partial charge in [-0.3, -0.25) is 18.9 Å². The van der Waals surface area contributed by atoms with Crippen LogP contribution >= 0.6 is 11.6 Å². The van der Waals surface area contributed by atoms with E-state index in [-0.39, 0.29) is 70.5 Å². The number of aliphatic imine (C=N–C) groups is 1. The van der Waals surface area contributed by atoms with Crippen LogP contribution in [-0.2, 0) is 45.6 Å². The SMILES string of the molecule is C[C@@H]1CN(c2ccc3c(c2)N=C([C@H](Cc2cc(F)cc(F)c2)NC(=O)Cn2ccc(C4CC4)n2)N(c2ccc(Cl)c4c(NS(C)(=O)=O)nn(CC(F)F)c24)C3)C[C@H](C)O1. The Hall–Kier alpha value is -5.20. The molecule has 0 spiro atoms.